The Hall–Kier alpha value is -2.96. The number of H-pyrrole nitrogens is 1. The van der Waals surface area contributed by atoms with Crippen LogP contribution in [0.3, 0.4) is 0 Å². The fourth-order valence-corrected chi connectivity index (χ4v) is 5.95. The predicted molar refractivity (Wildman–Crippen MR) is 129 cm³/mol. The Morgan fingerprint density at radius 3 is 2.75 bits per heavy atom. The molecule has 0 bridgehead atoms. The number of nitrogens with two attached hydrogens (primary N) is 1. The summed E-state index contributed by atoms with van der Waals surface area (Å²) in [6.07, 6.45) is 0.610. The molecule has 9 nitrogen and oxygen atoms in total. The van der Waals surface area contributed by atoms with Crippen LogP contribution in [-0.4, -0.2) is 30.6 Å². The Bertz CT molecular complexity index is 1490. The zero-order valence-corrected chi connectivity index (χ0v) is 19.7. The number of thioether (sulfide) groups is 1. The highest BCUT2D eigenvalue weighted by atomic mass is 32.2. The van der Waals surface area contributed by atoms with E-state index in [0.29, 0.717) is 21.8 Å². The number of nitrogens with zero attached hydrogens (tertiary/aromatic N) is 3. The number of hydrogen-bond donors (Lipinski definition) is 2. The van der Waals surface area contributed by atoms with Crippen molar-refractivity contribution in [3.05, 3.63) is 59.6 Å². The van der Waals surface area contributed by atoms with Crippen LogP contribution in [0.4, 0.5) is 5.82 Å². The maximum Gasteiger partial charge on any atom is 0.329 e. The fraction of sp³-hybridized carbons (Fsp3) is 0.250. The molecule has 0 aliphatic heterocycles. The number of aromatic nitrogens is 4. The van der Waals surface area contributed by atoms with Crippen molar-refractivity contribution in [2.45, 2.75) is 25.0 Å². The third-order valence-corrected chi connectivity index (χ3v) is 7.66. The largest absolute Gasteiger partial charge is 0.384 e. The number of rotatable bonds is 7. The average molecular weight is 490 g/mol. The molecule has 166 valence electrons. The SMILES string of the molecule is CCCn1c(N)c(C(=O)CSc2nc3scc(-c4cccs4)c3c(=O)n2C)c(=O)[nH]c1=O. The number of nitrogen functional groups attached to an aromatic ring is 1. The number of carbonyl (C=O) groups is 1. The van der Waals surface area contributed by atoms with Gasteiger partial charge in [-0.05, 0) is 17.9 Å². The monoisotopic (exact) mass is 489 g/mol. The van der Waals surface area contributed by atoms with E-state index in [1.807, 2.05) is 29.8 Å². The van der Waals surface area contributed by atoms with E-state index in [-0.39, 0.29) is 29.2 Å². The van der Waals surface area contributed by atoms with Crippen LogP contribution < -0.4 is 22.5 Å². The van der Waals surface area contributed by atoms with Crippen molar-refractivity contribution < 1.29 is 4.79 Å². The molecular formula is C20H19N5O4S3. The van der Waals surface area contributed by atoms with Crippen molar-refractivity contribution in [3.8, 4) is 10.4 Å². The summed E-state index contributed by atoms with van der Waals surface area (Å²) in [5, 5.41) is 4.75. The van der Waals surface area contributed by atoms with Gasteiger partial charge in [-0.2, -0.15) is 0 Å². The summed E-state index contributed by atoms with van der Waals surface area (Å²) >= 11 is 3.95. The van der Waals surface area contributed by atoms with Crippen LogP contribution in [0.1, 0.15) is 23.7 Å². The second-order valence-electron chi connectivity index (χ2n) is 6.95. The van der Waals surface area contributed by atoms with Gasteiger partial charge in [0.1, 0.15) is 16.2 Å². The molecule has 0 radical (unpaired) electrons. The van der Waals surface area contributed by atoms with Gasteiger partial charge in [0.15, 0.2) is 10.9 Å². The average Bonchev–Trinajstić information content (AvgIpc) is 3.42. The maximum atomic E-state index is 13.0. The van der Waals surface area contributed by atoms with Gasteiger partial charge in [-0.25, -0.2) is 9.78 Å². The van der Waals surface area contributed by atoms with Gasteiger partial charge in [0, 0.05) is 29.4 Å². The van der Waals surface area contributed by atoms with E-state index in [4.69, 9.17) is 5.73 Å². The molecule has 0 fully saturated rings. The lowest BCUT2D eigenvalue weighted by Gasteiger charge is -2.11. The Balaban J connectivity index is 1.66. The van der Waals surface area contributed by atoms with E-state index < -0.39 is 17.0 Å². The zero-order valence-electron chi connectivity index (χ0n) is 17.2. The molecule has 0 amide bonds. The predicted octanol–water partition coefficient (Wildman–Crippen LogP) is 2.54. The molecule has 32 heavy (non-hydrogen) atoms. The summed E-state index contributed by atoms with van der Waals surface area (Å²) in [5.41, 5.74) is 4.88. The van der Waals surface area contributed by atoms with E-state index in [2.05, 4.69) is 9.97 Å². The molecular weight excluding hydrogens is 470 g/mol. The first kappa shape index (κ1) is 22.2. The summed E-state index contributed by atoms with van der Waals surface area (Å²) in [7, 11) is 1.60. The normalized spacial score (nSPS) is 11.3. The first-order valence-electron chi connectivity index (χ1n) is 9.64. The smallest absolute Gasteiger partial charge is 0.329 e. The second-order valence-corrected chi connectivity index (χ2v) is 9.70. The minimum absolute atomic E-state index is 0.151. The highest BCUT2D eigenvalue weighted by Crippen LogP contribution is 2.34. The molecule has 3 N–H and O–H groups in total. The van der Waals surface area contributed by atoms with Crippen LogP contribution in [0.2, 0.25) is 0 Å². The number of thiophene rings is 2. The highest BCUT2D eigenvalue weighted by Gasteiger charge is 2.21. The standard InChI is InChI=1S/C20H19N5O4S3/c1-3-6-25-15(21)14(16(27)22-19(25)29)11(26)9-32-20-23-17-13(18(28)24(20)2)10(8-31-17)12-5-4-7-30-12/h4-5,7-8H,3,6,9,21H2,1-2H3,(H,22,27,29). The summed E-state index contributed by atoms with van der Waals surface area (Å²) in [4.78, 5) is 58.3. The lowest BCUT2D eigenvalue weighted by molar-refractivity contribution is 0.102. The number of hydrogen-bond acceptors (Lipinski definition) is 9. The Morgan fingerprint density at radius 2 is 2.06 bits per heavy atom. The molecule has 4 aromatic rings. The van der Waals surface area contributed by atoms with Gasteiger partial charge >= 0.3 is 5.69 Å². The van der Waals surface area contributed by atoms with Crippen molar-refractivity contribution in [3.63, 3.8) is 0 Å². The minimum atomic E-state index is -0.818. The fourth-order valence-electron chi connectivity index (χ4n) is 3.30. The number of fused-ring (bicyclic) bond motifs is 1. The highest BCUT2D eigenvalue weighted by molar-refractivity contribution is 7.99. The Morgan fingerprint density at radius 1 is 1.28 bits per heavy atom. The van der Waals surface area contributed by atoms with Gasteiger partial charge in [-0.3, -0.25) is 28.5 Å². The van der Waals surface area contributed by atoms with Crippen LogP contribution in [-0.2, 0) is 13.6 Å². The molecule has 0 unspecified atom stereocenters. The molecule has 0 saturated carbocycles. The number of nitrogens with one attached hydrogen (secondary N) is 1. The molecule has 0 aliphatic carbocycles. The third kappa shape index (κ3) is 3.85. The molecule has 0 spiro atoms. The summed E-state index contributed by atoms with van der Waals surface area (Å²) in [5.74, 6) is -0.854. The zero-order chi connectivity index (χ0) is 23.0. The van der Waals surface area contributed by atoms with E-state index in [1.165, 1.54) is 20.5 Å². The van der Waals surface area contributed by atoms with Gasteiger partial charge in [0.25, 0.3) is 11.1 Å². The van der Waals surface area contributed by atoms with Crippen molar-refractivity contribution in [2.75, 3.05) is 11.5 Å². The lowest BCUT2D eigenvalue weighted by Crippen LogP contribution is -2.36. The van der Waals surface area contributed by atoms with E-state index in [0.717, 1.165) is 22.2 Å². The van der Waals surface area contributed by atoms with Gasteiger partial charge in [-0.1, -0.05) is 24.8 Å². The first-order valence-corrected chi connectivity index (χ1v) is 12.4. The van der Waals surface area contributed by atoms with Crippen molar-refractivity contribution >= 4 is 56.3 Å². The van der Waals surface area contributed by atoms with Crippen LogP contribution in [0.25, 0.3) is 20.7 Å². The third-order valence-electron chi connectivity index (χ3n) is 4.86. The molecule has 0 saturated heterocycles. The van der Waals surface area contributed by atoms with Gasteiger partial charge in [0.05, 0.1) is 11.1 Å². The van der Waals surface area contributed by atoms with Gasteiger partial charge < -0.3 is 5.73 Å². The van der Waals surface area contributed by atoms with Crippen LogP contribution >= 0.6 is 34.4 Å². The quantitative estimate of drug-likeness (QED) is 0.231. The van der Waals surface area contributed by atoms with Crippen molar-refractivity contribution in [2.24, 2.45) is 7.05 Å². The molecule has 4 rings (SSSR count). The molecule has 0 aromatic carbocycles. The molecule has 0 atom stereocenters. The first-order chi connectivity index (χ1) is 15.3. The number of ketones is 1. The van der Waals surface area contributed by atoms with E-state index in [9.17, 15) is 19.2 Å². The molecule has 4 aromatic heterocycles. The maximum absolute atomic E-state index is 13.0. The van der Waals surface area contributed by atoms with Crippen molar-refractivity contribution in [1.29, 1.82) is 0 Å². The van der Waals surface area contributed by atoms with Gasteiger partial charge in [0.2, 0.25) is 0 Å². The molecule has 4 heterocycles. The van der Waals surface area contributed by atoms with Crippen molar-refractivity contribution in [1.82, 2.24) is 19.1 Å². The van der Waals surface area contributed by atoms with E-state index >= 15 is 0 Å². The number of anilines is 1. The lowest BCUT2D eigenvalue weighted by atomic mass is 10.2. The Kier molecular flexibility index (Phi) is 6.17. The summed E-state index contributed by atoms with van der Waals surface area (Å²) in [6.45, 7) is 2.14. The van der Waals surface area contributed by atoms with Crippen LogP contribution in [0.15, 0.2) is 42.4 Å². The summed E-state index contributed by atoms with van der Waals surface area (Å²) in [6, 6.07) is 3.88. The van der Waals surface area contributed by atoms with E-state index in [1.54, 1.807) is 18.4 Å². The molecule has 12 heteroatoms. The Labute approximate surface area is 193 Å². The van der Waals surface area contributed by atoms with Gasteiger partial charge in [-0.15, -0.1) is 22.7 Å². The topological polar surface area (TPSA) is 133 Å². The second kappa shape index (κ2) is 8.88. The number of carbonyl (C=O) groups excluding carboxylic acids is 1. The van der Waals surface area contributed by atoms with Crippen LogP contribution in [0, 0.1) is 0 Å². The molecule has 0 aliphatic rings. The number of Topliss-reactive ketones (excluding diaryl/α,β-unsaturated/α-hetero) is 1. The number of aromatic amines is 1. The summed E-state index contributed by atoms with van der Waals surface area (Å²) < 4.78 is 2.58. The van der Waals surface area contributed by atoms with Crippen LogP contribution in [0.5, 0.6) is 0 Å². The minimum Gasteiger partial charge on any atom is -0.384 e.